The van der Waals surface area contributed by atoms with Crippen molar-refractivity contribution in [3.8, 4) is 6.07 Å². The SMILES string of the molecule is CCN(Cc1ccccc1)/C(=N\c1ccc(C#N)cc1)SC. The van der Waals surface area contributed by atoms with E-state index in [-0.39, 0.29) is 0 Å². The highest BCUT2D eigenvalue weighted by Gasteiger charge is 2.09. The number of nitrogens with zero attached hydrogens (tertiary/aromatic N) is 3. The summed E-state index contributed by atoms with van der Waals surface area (Å²) in [4.78, 5) is 6.96. The molecule has 0 amide bonds. The van der Waals surface area contributed by atoms with Crippen molar-refractivity contribution in [1.82, 2.24) is 4.90 Å². The van der Waals surface area contributed by atoms with Gasteiger partial charge in [0, 0.05) is 13.1 Å². The molecular weight excluding hydrogens is 290 g/mol. The van der Waals surface area contributed by atoms with Crippen LogP contribution in [0.15, 0.2) is 59.6 Å². The van der Waals surface area contributed by atoms with E-state index in [4.69, 9.17) is 10.3 Å². The van der Waals surface area contributed by atoms with Crippen LogP contribution in [0.25, 0.3) is 0 Å². The van der Waals surface area contributed by atoms with Gasteiger partial charge in [-0.05, 0) is 43.0 Å². The Bertz CT molecular complexity index is 657. The Morgan fingerprint density at radius 2 is 1.82 bits per heavy atom. The van der Waals surface area contributed by atoms with Gasteiger partial charge < -0.3 is 4.90 Å². The molecule has 0 radical (unpaired) electrons. The molecule has 0 spiro atoms. The van der Waals surface area contributed by atoms with E-state index in [0.29, 0.717) is 5.56 Å². The summed E-state index contributed by atoms with van der Waals surface area (Å²) >= 11 is 1.64. The van der Waals surface area contributed by atoms with Crippen LogP contribution in [0.3, 0.4) is 0 Å². The van der Waals surface area contributed by atoms with Gasteiger partial charge in [-0.25, -0.2) is 4.99 Å². The largest absolute Gasteiger partial charge is 0.347 e. The highest BCUT2D eigenvalue weighted by molar-refractivity contribution is 8.13. The minimum absolute atomic E-state index is 0.654. The second-order valence-corrected chi connectivity index (χ2v) is 5.53. The van der Waals surface area contributed by atoms with Crippen LogP contribution in [-0.2, 0) is 6.54 Å². The predicted molar refractivity (Wildman–Crippen MR) is 94.3 cm³/mol. The van der Waals surface area contributed by atoms with Crippen molar-refractivity contribution in [1.29, 1.82) is 5.26 Å². The summed E-state index contributed by atoms with van der Waals surface area (Å²) < 4.78 is 0. The number of nitriles is 1. The molecular formula is C18H19N3S. The third-order valence-electron chi connectivity index (χ3n) is 3.27. The fourth-order valence-electron chi connectivity index (χ4n) is 2.08. The molecule has 0 atom stereocenters. The van der Waals surface area contributed by atoms with E-state index in [1.807, 2.05) is 24.5 Å². The molecule has 0 bridgehead atoms. The quantitative estimate of drug-likeness (QED) is 0.619. The van der Waals surface area contributed by atoms with E-state index < -0.39 is 0 Å². The van der Waals surface area contributed by atoms with Crippen molar-refractivity contribution in [3.63, 3.8) is 0 Å². The third-order valence-corrected chi connectivity index (χ3v) is 3.99. The van der Waals surface area contributed by atoms with Gasteiger partial charge in [0.25, 0.3) is 0 Å². The summed E-state index contributed by atoms with van der Waals surface area (Å²) in [6.45, 7) is 3.87. The molecule has 2 aromatic rings. The second kappa shape index (κ2) is 8.26. The monoisotopic (exact) mass is 309 g/mol. The van der Waals surface area contributed by atoms with Crippen LogP contribution < -0.4 is 0 Å². The predicted octanol–water partition coefficient (Wildman–Crippen LogP) is 4.43. The van der Waals surface area contributed by atoms with Gasteiger partial charge in [0.1, 0.15) is 0 Å². The summed E-state index contributed by atoms with van der Waals surface area (Å²) in [6, 6.07) is 19.9. The van der Waals surface area contributed by atoms with Crippen LogP contribution in [0, 0.1) is 11.3 Å². The van der Waals surface area contributed by atoms with Crippen molar-refractivity contribution < 1.29 is 0 Å². The zero-order valence-corrected chi connectivity index (χ0v) is 13.7. The van der Waals surface area contributed by atoms with Gasteiger partial charge in [0.2, 0.25) is 0 Å². The van der Waals surface area contributed by atoms with Crippen LogP contribution >= 0.6 is 11.8 Å². The van der Waals surface area contributed by atoms with E-state index in [1.54, 1.807) is 23.9 Å². The average Bonchev–Trinajstić information content (AvgIpc) is 2.59. The fourth-order valence-corrected chi connectivity index (χ4v) is 2.73. The highest BCUT2D eigenvalue weighted by Crippen LogP contribution is 2.18. The van der Waals surface area contributed by atoms with Crippen molar-refractivity contribution in [2.24, 2.45) is 4.99 Å². The van der Waals surface area contributed by atoms with E-state index in [0.717, 1.165) is 23.9 Å². The van der Waals surface area contributed by atoms with Crippen LogP contribution in [0.4, 0.5) is 5.69 Å². The molecule has 0 aliphatic rings. The lowest BCUT2D eigenvalue weighted by molar-refractivity contribution is 0.444. The maximum Gasteiger partial charge on any atom is 0.164 e. The molecule has 0 saturated heterocycles. The molecule has 2 aromatic carbocycles. The van der Waals surface area contributed by atoms with Crippen LogP contribution in [0.5, 0.6) is 0 Å². The topological polar surface area (TPSA) is 39.4 Å². The Morgan fingerprint density at radius 1 is 1.14 bits per heavy atom. The Labute approximate surface area is 136 Å². The Hall–Kier alpha value is -2.25. The maximum atomic E-state index is 8.85. The van der Waals surface area contributed by atoms with Gasteiger partial charge in [-0.2, -0.15) is 5.26 Å². The number of hydrogen-bond donors (Lipinski definition) is 0. The molecule has 22 heavy (non-hydrogen) atoms. The van der Waals surface area contributed by atoms with Gasteiger partial charge in [0.05, 0.1) is 17.3 Å². The molecule has 2 rings (SSSR count). The van der Waals surface area contributed by atoms with Crippen molar-refractivity contribution in [3.05, 3.63) is 65.7 Å². The lowest BCUT2D eigenvalue weighted by Crippen LogP contribution is -2.27. The first kappa shape index (κ1) is 16.1. The summed E-state index contributed by atoms with van der Waals surface area (Å²) in [5.41, 5.74) is 2.79. The van der Waals surface area contributed by atoms with Crippen molar-refractivity contribution in [2.75, 3.05) is 12.8 Å². The maximum absolute atomic E-state index is 8.85. The first-order valence-corrected chi connectivity index (χ1v) is 8.41. The first-order chi connectivity index (χ1) is 10.8. The Kier molecular flexibility index (Phi) is 6.05. The molecule has 0 saturated carbocycles. The molecule has 0 aliphatic heterocycles. The molecule has 0 aromatic heterocycles. The fraction of sp³-hybridized carbons (Fsp3) is 0.222. The molecule has 0 unspecified atom stereocenters. The summed E-state index contributed by atoms with van der Waals surface area (Å²) in [7, 11) is 0. The smallest absolute Gasteiger partial charge is 0.164 e. The van der Waals surface area contributed by atoms with E-state index in [9.17, 15) is 0 Å². The van der Waals surface area contributed by atoms with E-state index in [2.05, 4.69) is 42.2 Å². The molecule has 0 N–H and O–H groups in total. The molecule has 0 heterocycles. The van der Waals surface area contributed by atoms with E-state index >= 15 is 0 Å². The summed E-state index contributed by atoms with van der Waals surface area (Å²) in [5, 5.41) is 9.83. The van der Waals surface area contributed by atoms with Crippen molar-refractivity contribution >= 4 is 22.6 Å². The first-order valence-electron chi connectivity index (χ1n) is 7.18. The minimum atomic E-state index is 0.654. The molecule has 0 fully saturated rings. The molecule has 0 aliphatic carbocycles. The number of benzene rings is 2. The standard InChI is InChI=1S/C18H19N3S/c1-3-21(14-16-7-5-4-6-8-16)18(22-2)20-17-11-9-15(13-19)10-12-17/h4-12H,3,14H2,1-2H3/b20-18+. The number of hydrogen-bond acceptors (Lipinski definition) is 3. The lowest BCUT2D eigenvalue weighted by Gasteiger charge is -2.23. The lowest BCUT2D eigenvalue weighted by atomic mass is 10.2. The molecule has 3 nitrogen and oxygen atoms in total. The zero-order valence-electron chi connectivity index (χ0n) is 12.9. The molecule has 4 heteroatoms. The van der Waals surface area contributed by atoms with Crippen molar-refractivity contribution in [2.45, 2.75) is 13.5 Å². The van der Waals surface area contributed by atoms with Gasteiger partial charge >= 0.3 is 0 Å². The van der Waals surface area contributed by atoms with Gasteiger partial charge in [0.15, 0.2) is 5.17 Å². The highest BCUT2D eigenvalue weighted by atomic mass is 32.2. The normalized spacial score (nSPS) is 11.0. The second-order valence-electron chi connectivity index (χ2n) is 4.76. The average molecular weight is 309 g/mol. The summed E-state index contributed by atoms with van der Waals surface area (Å²) in [5.74, 6) is 0. The number of aliphatic imine (C=N–C) groups is 1. The van der Waals surface area contributed by atoms with Gasteiger partial charge in [-0.3, -0.25) is 0 Å². The Morgan fingerprint density at radius 3 is 2.36 bits per heavy atom. The summed E-state index contributed by atoms with van der Waals surface area (Å²) in [6.07, 6.45) is 2.04. The van der Waals surface area contributed by atoms with Crippen LogP contribution in [-0.4, -0.2) is 22.9 Å². The van der Waals surface area contributed by atoms with Gasteiger partial charge in [-0.15, -0.1) is 0 Å². The van der Waals surface area contributed by atoms with Gasteiger partial charge in [-0.1, -0.05) is 42.1 Å². The zero-order chi connectivity index (χ0) is 15.8. The van der Waals surface area contributed by atoms with Crippen LogP contribution in [0.1, 0.15) is 18.1 Å². The third kappa shape index (κ3) is 4.37. The number of rotatable bonds is 4. The Balaban J connectivity index is 2.19. The minimum Gasteiger partial charge on any atom is -0.347 e. The van der Waals surface area contributed by atoms with E-state index in [1.165, 1.54) is 5.56 Å². The number of thioether (sulfide) groups is 1. The molecule has 112 valence electrons. The van der Waals surface area contributed by atoms with Crippen LogP contribution in [0.2, 0.25) is 0 Å². The number of amidine groups is 1.